The summed E-state index contributed by atoms with van der Waals surface area (Å²) in [6, 6.07) is 9.89. The van der Waals surface area contributed by atoms with Gasteiger partial charge in [0.05, 0.1) is 0 Å². The lowest BCUT2D eigenvalue weighted by Crippen LogP contribution is -2.45. The summed E-state index contributed by atoms with van der Waals surface area (Å²) in [6.07, 6.45) is 1.79. The molecule has 1 aromatic rings. The first-order valence-electron chi connectivity index (χ1n) is 6.02. The number of benzene rings is 1. The molecule has 17 heavy (non-hydrogen) atoms. The van der Waals surface area contributed by atoms with Crippen LogP contribution in [-0.2, 0) is 11.3 Å². The van der Waals surface area contributed by atoms with E-state index in [0.29, 0.717) is 6.61 Å². The van der Waals surface area contributed by atoms with Crippen molar-refractivity contribution in [3.05, 3.63) is 35.9 Å². The van der Waals surface area contributed by atoms with Crippen molar-refractivity contribution in [1.29, 1.82) is 0 Å². The zero-order chi connectivity index (χ0) is 11.9. The maximum atomic E-state index is 11.5. The number of nitrogens with one attached hydrogen (secondary N) is 2. The van der Waals surface area contributed by atoms with Crippen molar-refractivity contribution < 1.29 is 9.53 Å². The van der Waals surface area contributed by atoms with E-state index < -0.39 is 0 Å². The quantitative estimate of drug-likeness (QED) is 0.836. The summed E-state index contributed by atoms with van der Waals surface area (Å²) in [5.74, 6) is 0. The van der Waals surface area contributed by atoms with Crippen LogP contribution in [-0.4, -0.2) is 25.2 Å². The maximum Gasteiger partial charge on any atom is 0.407 e. The third kappa shape index (κ3) is 4.07. The Morgan fingerprint density at radius 3 is 2.94 bits per heavy atom. The third-order valence-electron chi connectivity index (χ3n) is 2.83. The Morgan fingerprint density at radius 2 is 2.24 bits per heavy atom. The molecule has 1 aliphatic rings. The van der Waals surface area contributed by atoms with Crippen LogP contribution in [0.4, 0.5) is 4.79 Å². The van der Waals surface area contributed by atoms with Crippen LogP contribution < -0.4 is 10.6 Å². The number of alkyl carbamates (subject to hydrolysis) is 1. The zero-order valence-corrected chi connectivity index (χ0v) is 9.82. The highest BCUT2D eigenvalue weighted by Gasteiger charge is 2.15. The van der Waals surface area contributed by atoms with E-state index >= 15 is 0 Å². The van der Waals surface area contributed by atoms with Crippen LogP contribution in [0.1, 0.15) is 18.4 Å². The highest BCUT2D eigenvalue weighted by molar-refractivity contribution is 5.67. The van der Waals surface area contributed by atoms with E-state index in [9.17, 15) is 4.79 Å². The second kappa shape index (κ2) is 6.25. The highest BCUT2D eigenvalue weighted by Crippen LogP contribution is 2.03. The lowest BCUT2D eigenvalue weighted by molar-refractivity contribution is 0.134. The van der Waals surface area contributed by atoms with Gasteiger partial charge in [-0.3, -0.25) is 0 Å². The fourth-order valence-electron chi connectivity index (χ4n) is 1.91. The summed E-state index contributed by atoms with van der Waals surface area (Å²) in [4.78, 5) is 11.5. The average molecular weight is 234 g/mol. The largest absolute Gasteiger partial charge is 0.445 e. The Hall–Kier alpha value is -1.55. The van der Waals surface area contributed by atoms with Gasteiger partial charge < -0.3 is 15.4 Å². The van der Waals surface area contributed by atoms with Crippen LogP contribution in [0.3, 0.4) is 0 Å². The number of carbonyl (C=O) groups is 1. The van der Waals surface area contributed by atoms with Gasteiger partial charge in [-0.25, -0.2) is 4.79 Å². The molecule has 1 heterocycles. The van der Waals surface area contributed by atoms with Crippen LogP contribution in [0.5, 0.6) is 0 Å². The first kappa shape index (κ1) is 11.9. The summed E-state index contributed by atoms with van der Waals surface area (Å²) in [7, 11) is 0. The predicted octanol–water partition coefficient (Wildman–Crippen LogP) is 1.66. The molecule has 4 heteroatoms. The van der Waals surface area contributed by atoms with Gasteiger partial charge in [-0.2, -0.15) is 0 Å². The Morgan fingerprint density at radius 1 is 1.41 bits per heavy atom. The minimum absolute atomic E-state index is 0.201. The van der Waals surface area contributed by atoms with Gasteiger partial charge in [0.1, 0.15) is 6.61 Å². The minimum Gasteiger partial charge on any atom is -0.445 e. The van der Waals surface area contributed by atoms with E-state index in [2.05, 4.69) is 10.6 Å². The number of rotatable bonds is 3. The number of ether oxygens (including phenoxy) is 1. The third-order valence-corrected chi connectivity index (χ3v) is 2.83. The smallest absolute Gasteiger partial charge is 0.407 e. The molecule has 0 saturated carbocycles. The van der Waals surface area contributed by atoms with Gasteiger partial charge in [-0.15, -0.1) is 0 Å². The van der Waals surface area contributed by atoms with Crippen LogP contribution >= 0.6 is 0 Å². The van der Waals surface area contributed by atoms with Gasteiger partial charge in [0.2, 0.25) is 0 Å². The van der Waals surface area contributed by atoms with Crippen LogP contribution in [0.2, 0.25) is 0 Å². The van der Waals surface area contributed by atoms with Gasteiger partial charge in [0.15, 0.2) is 0 Å². The van der Waals surface area contributed by atoms with Gasteiger partial charge in [-0.05, 0) is 24.9 Å². The van der Waals surface area contributed by atoms with Crippen molar-refractivity contribution in [2.45, 2.75) is 25.5 Å². The molecule has 0 radical (unpaired) electrons. The van der Waals surface area contributed by atoms with Crippen molar-refractivity contribution in [3.8, 4) is 0 Å². The Kier molecular flexibility index (Phi) is 4.38. The zero-order valence-electron chi connectivity index (χ0n) is 9.82. The molecule has 1 atom stereocenters. The predicted molar refractivity (Wildman–Crippen MR) is 65.7 cm³/mol. The van der Waals surface area contributed by atoms with E-state index in [4.69, 9.17) is 4.74 Å². The molecule has 0 aliphatic carbocycles. The molecule has 1 aliphatic heterocycles. The van der Waals surface area contributed by atoms with Crippen molar-refractivity contribution in [1.82, 2.24) is 10.6 Å². The fourth-order valence-corrected chi connectivity index (χ4v) is 1.91. The number of hydrogen-bond donors (Lipinski definition) is 2. The van der Waals surface area contributed by atoms with Crippen molar-refractivity contribution in [2.75, 3.05) is 13.1 Å². The highest BCUT2D eigenvalue weighted by atomic mass is 16.5. The van der Waals surface area contributed by atoms with E-state index in [-0.39, 0.29) is 12.1 Å². The van der Waals surface area contributed by atoms with Gasteiger partial charge in [-0.1, -0.05) is 30.3 Å². The normalized spacial score (nSPS) is 19.6. The fraction of sp³-hybridized carbons (Fsp3) is 0.462. The van der Waals surface area contributed by atoms with Gasteiger partial charge in [0.25, 0.3) is 0 Å². The van der Waals surface area contributed by atoms with E-state index in [0.717, 1.165) is 31.5 Å². The SMILES string of the molecule is O=C(N[C@@H]1CCCNC1)OCc1ccccc1. The minimum atomic E-state index is -0.331. The van der Waals surface area contributed by atoms with Crippen molar-refractivity contribution in [2.24, 2.45) is 0 Å². The molecule has 1 fully saturated rings. The summed E-state index contributed by atoms with van der Waals surface area (Å²) in [5, 5.41) is 6.11. The molecule has 1 aromatic carbocycles. The van der Waals surface area contributed by atoms with Crippen molar-refractivity contribution in [3.63, 3.8) is 0 Å². The second-order valence-electron chi connectivity index (χ2n) is 4.25. The summed E-state index contributed by atoms with van der Waals surface area (Å²) in [6.45, 7) is 2.20. The van der Waals surface area contributed by atoms with Crippen LogP contribution in [0.25, 0.3) is 0 Å². The number of carbonyl (C=O) groups excluding carboxylic acids is 1. The van der Waals surface area contributed by atoms with E-state index in [1.54, 1.807) is 0 Å². The van der Waals surface area contributed by atoms with Crippen LogP contribution in [0, 0.1) is 0 Å². The molecule has 92 valence electrons. The molecule has 2 rings (SSSR count). The summed E-state index contributed by atoms with van der Waals surface area (Å²) >= 11 is 0. The van der Waals surface area contributed by atoms with Crippen molar-refractivity contribution >= 4 is 6.09 Å². The van der Waals surface area contributed by atoms with E-state index in [1.807, 2.05) is 30.3 Å². The summed E-state index contributed by atoms with van der Waals surface area (Å²) < 4.78 is 5.15. The van der Waals surface area contributed by atoms with Gasteiger partial charge >= 0.3 is 6.09 Å². The maximum absolute atomic E-state index is 11.5. The molecular formula is C13H18N2O2. The lowest BCUT2D eigenvalue weighted by atomic mass is 10.1. The average Bonchev–Trinajstić information content (AvgIpc) is 2.39. The molecule has 1 saturated heterocycles. The Labute approximate surface area is 101 Å². The Bertz CT molecular complexity index is 348. The topological polar surface area (TPSA) is 50.4 Å². The Balaban J connectivity index is 1.70. The number of amides is 1. The molecule has 4 nitrogen and oxygen atoms in total. The standard InChI is InChI=1S/C13H18N2O2/c16-13(15-12-7-4-8-14-9-12)17-10-11-5-2-1-3-6-11/h1-3,5-6,12,14H,4,7-10H2,(H,15,16)/t12-/m1/s1. The van der Waals surface area contributed by atoms with Crippen LogP contribution in [0.15, 0.2) is 30.3 Å². The summed E-state index contributed by atoms with van der Waals surface area (Å²) in [5.41, 5.74) is 1.00. The number of piperidine rings is 1. The monoisotopic (exact) mass is 234 g/mol. The number of hydrogen-bond acceptors (Lipinski definition) is 3. The lowest BCUT2D eigenvalue weighted by Gasteiger charge is -2.23. The molecular weight excluding hydrogens is 216 g/mol. The second-order valence-corrected chi connectivity index (χ2v) is 4.25. The molecule has 0 bridgehead atoms. The molecule has 2 N–H and O–H groups in total. The molecule has 1 amide bonds. The van der Waals surface area contributed by atoms with E-state index in [1.165, 1.54) is 0 Å². The molecule has 0 unspecified atom stereocenters. The first-order chi connectivity index (χ1) is 8.34. The molecule has 0 aromatic heterocycles. The first-order valence-corrected chi connectivity index (χ1v) is 6.02. The van der Waals surface area contributed by atoms with Gasteiger partial charge in [0, 0.05) is 12.6 Å². The molecule has 0 spiro atoms.